The molecular weight excluding hydrogens is 336 g/mol. The van der Waals surface area contributed by atoms with E-state index in [1.807, 2.05) is 14.1 Å². The quantitative estimate of drug-likeness (QED) is 0.585. The number of rotatable bonds is 5. The van der Waals surface area contributed by atoms with Crippen LogP contribution in [0.4, 0.5) is 11.4 Å². The van der Waals surface area contributed by atoms with Gasteiger partial charge in [-0.1, -0.05) is 0 Å². The van der Waals surface area contributed by atoms with Crippen molar-refractivity contribution in [3.05, 3.63) is 33.9 Å². The first kappa shape index (κ1) is 18.6. The number of likely N-dealkylation sites (N-methyl/N-ethyl adjacent to an activating group) is 1. The molecule has 2 aliphatic heterocycles. The van der Waals surface area contributed by atoms with Crippen molar-refractivity contribution < 1.29 is 14.5 Å². The molecule has 0 spiro atoms. The number of carbonyl (C=O) groups excluding carboxylic acids is 1. The smallest absolute Gasteiger partial charge is 0.282 e. The van der Waals surface area contributed by atoms with Gasteiger partial charge in [0.2, 0.25) is 0 Å². The van der Waals surface area contributed by atoms with E-state index in [9.17, 15) is 14.9 Å². The van der Waals surface area contributed by atoms with Crippen LogP contribution in [-0.2, 0) is 4.74 Å². The average Bonchev–Trinajstić information content (AvgIpc) is 3.15. The largest absolute Gasteiger partial charge is 0.373 e. The maximum atomic E-state index is 12.8. The van der Waals surface area contributed by atoms with Gasteiger partial charge in [0.1, 0.15) is 5.56 Å². The summed E-state index contributed by atoms with van der Waals surface area (Å²) in [7, 11) is 4.00. The number of likely N-dealkylation sites (tertiary alicyclic amines) is 1. The first-order valence-corrected chi connectivity index (χ1v) is 9.04. The van der Waals surface area contributed by atoms with Crippen molar-refractivity contribution in [1.82, 2.24) is 9.80 Å². The predicted molar refractivity (Wildman–Crippen MR) is 98.7 cm³/mol. The molecule has 0 bridgehead atoms. The lowest BCUT2D eigenvalue weighted by Gasteiger charge is -2.35. The minimum atomic E-state index is -0.471. The monoisotopic (exact) mass is 362 g/mol. The van der Waals surface area contributed by atoms with Gasteiger partial charge in [-0.25, -0.2) is 0 Å². The molecule has 2 heterocycles. The third-order valence-electron chi connectivity index (χ3n) is 4.87. The lowest BCUT2D eigenvalue weighted by Crippen LogP contribution is -2.46. The number of benzene rings is 1. The highest BCUT2D eigenvalue weighted by molar-refractivity contribution is 5.99. The average molecular weight is 362 g/mol. The minimum Gasteiger partial charge on any atom is -0.373 e. The van der Waals surface area contributed by atoms with Crippen molar-refractivity contribution in [2.45, 2.75) is 18.9 Å². The fraction of sp³-hybridized carbons (Fsp3) is 0.611. The van der Waals surface area contributed by atoms with Crippen LogP contribution in [0.25, 0.3) is 0 Å². The predicted octanol–water partition coefficient (Wildman–Crippen LogP) is 1.60. The van der Waals surface area contributed by atoms with Crippen molar-refractivity contribution in [3.63, 3.8) is 0 Å². The molecule has 3 rings (SSSR count). The van der Waals surface area contributed by atoms with E-state index in [1.54, 1.807) is 17.0 Å². The van der Waals surface area contributed by atoms with Crippen molar-refractivity contribution in [1.29, 1.82) is 0 Å². The molecule has 1 atom stereocenters. The van der Waals surface area contributed by atoms with Gasteiger partial charge in [-0.15, -0.1) is 0 Å². The molecule has 1 aromatic carbocycles. The number of hydrogen-bond donors (Lipinski definition) is 0. The van der Waals surface area contributed by atoms with E-state index in [2.05, 4.69) is 9.80 Å². The van der Waals surface area contributed by atoms with Crippen LogP contribution in [0.2, 0.25) is 0 Å². The number of amides is 1. The van der Waals surface area contributed by atoms with E-state index >= 15 is 0 Å². The van der Waals surface area contributed by atoms with Crippen LogP contribution in [0.15, 0.2) is 18.2 Å². The topological polar surface area (TPSA) is 79.2 Å². The summed E-state index contributed by atoms with van der Waals surface area (Å²) in [6.45, 7) is 4.16. The molecule has 2 aliphatic rings. The van der Waals surface area contributed by atoms with E-state index in [1.165, 1.54) is 6.07 Å². The summed E-state index contributed by atoms with van der Waals surface area (Å²) < 4.78 is 5.79. The normalized spacial score (nSPS) is 20.7. The summed E-state index contributed by atoms with van der Waals surface area (Å²) >= 11 is 0. The highest BCUT2D eigenvalue weighted by atomic mass is 16.6. The molecule has 2 fully saturated rings. The van der Waals surface area contributed by atoms with Crippen molar-refractivity contribution in [3.8, 4) is 0 Å². The Morgan fingerprint density at radius 2 is 2.04 bits per heavy atom. The molecule has 1 amide bonds. The molecular formula is C18H26N4O4. The second-order valence-corrected chi connectivity index (χ2v) is 7.16. The van der Waals surface area contributed by atoms with E-state index in [0.29, 0.717) is 32.8 Å². The van der Waals surface area contributed by atoms with Crippen LogP contribution < -0.4 is 4.90 Å². The molecule has 0 N–H and O–H groups in total. The summed E-state index contributed by atoms with van der Waals surface area (Å²) in [5, 5.41) is 11.4. The first-order valence-electron chi connectivity index (χ1n) is 9.04. The number of nitro benzene ring substituents is 1. The summed E-state index contributed by atoms with van der Waals surface area (Å²) in [5.74, 6) is -0.242. The Bertz CT molecular complexity index is 673. The number of nitrogens with zero attached hydrogens (tertiary/aromatic N) is 4. The van der Waals surface area contributed by atoms with Crippen LogP contribution in [0.3, 0.4) is 0 Å². The van der Waals surface area contributed by atoms with Gasteiger partial charge in [-0.3, -0.25) is 14.9 Å². The second kappa shape index (κ2) is 8.01. The molecule has 2 saturated heterocycles. The SMILES string of the molecule is CN(C)CC1CN(c2ccc([N+](=O)[O-])c(C(=O)N3CCCC3)c2)CCO1. The van der Waals surface area contributed by atoms with Gasteiger partial charge >= 0.3 is 0 Å². The zero-order valence-corrected chi connectivity index (χ0v) is 15.4. The molecule has 0 saturated carbocycles. The van der Waals surface area contributed by atoms with Gasteiger partial charge in [-0.2, -0.15) is 0 Å². The standard InChI is InChI=1S/C18H26N4O4/c1-19(2)12-15-13-21(9-10-26-15)14-5-6-17(22(24)25)16(11-14)18(23)20-7-3-4-8-20/h5-6,11,15H,3-4,7-10,12-13H2,1-2H3. The highest BCUT2D eigenvalue weighted by Gasteiger charge is 2.29. The van der Waals surface area contributed by atoms with Crippen LogP contribution in [0, 0.1) is 10.1 Å². The van der Waals surface area contributed by atoms with Crippen LogP contribution in [0.1, 0.15) is 23.2 Å². The van der Waals surface area contributed by atoms with Gasteiger partial charge in [0.25, 0.3) is 11.6 Å². The first-order chi connectivity index (χ1) is 12.5. The van der Waals surface area contributed by atoms with Crippen molar-refractivity contribution in [2.24, 2.45) is 0 Å². The maximum Gasteiger partial charge on any atom is 0.282 e. The summed E-state index contributed by atoms with van der Waals surface area (Å²) in [6.07, 6.45) is 1.98. The van der Waals surface area contributed by atoms with Gasteiger partial charge < -0.3 is 19.4 Å². The number of ether oxygens (including phenoxy) is 1. The fourth-order valence-corrected chi connectivity index (χ4v) is 3.61. The van der Waals surface area contributed by atoms with Crippen LogP contribution >= 0.6 is 0 Å². The zero-order valence-electron chi connectivity index (χ0n) is 15.4. The molecule has 0 radical (unpaired) electrons. The molecule has 8 heteroatoms. The van der Waals surface area contributed by atoms with E-state index in [0.717, 1.165) is 25.1 Å². The fourth-order valence-electron chi connectivity index (χ4n) is 3.61. The number of morpholine rings is 1. The Labute approximate surface area is 153 Å². The molecule has 1 unspecified atom stereocenters. The number of hydrogen-bond acceptors (Lipinski definition) is 6. The Hall–Kier alpha value is -2.19. The van der Waals surface area contributed by atoms with Crippen molar-refractivity contribution >= 4 is 17.3 Å². The Kier molecular flexibility index (Phi) is 5.73. The number of anilines is 1. The Balaban J connectivity index is 1.85. The third-order valence-corrected chi connectivity index (χ3v) is 4.87. The molecule has 0 aliphatic carbocycles. The molecule has 26 heavy (non-hydrogen) atoms. The number of nitro groups is 1. The lowest BCUT2D eigenvalue weighted by molar-refractivity contribution is -0.385. The van der Waals surface area contributed by atoms with E-state index < -0.39 is 4.92 Å². The number of carbonyl (C=O) groups is 1. The molecule has 1 aromatic rings. The maximum absolute atomic E-state index is 12.8. The summed E-state index contributed by atoms with van der Waals surface area (Å²) in [6, 6.07) is 4.86. The van der Waals surface area contributed by atoms with Gasteiger partial charge in [0, 0.05) is 44.5 Å². The van der Waals surface area contributed by atoms with Gasteiger partial charge in [0.15, 0.2) is 0 Å². The lowest BCUT2D eigenvalue weighted by atomic mass is 10.1. The minimum absolute atomic E-state index is 0.0756. The Morgan fingerprint density at radius 3 is 2.69 bits per heavy atom. The van der Waals surface area contributed by atoms with Crippen molar-refractivity contribution in [2.75, 3.05) is 58.3 Å². The summed E-state index contributed by atoms with van der Waals surface area (Å²) in [4.78, 5) is 29.6. The molecule has 142 valence electrons. The van der Waals surface area contributed by atoms with Gasteiger partial charge in [0.05, 0.1) is 17.6 Å². The second-order valence-electron chi connectivity index (χ2n) is 7.16. The molecule has 8 nitrogen and oxygen atoms in total. The van der Waals surface area contributed by atoms with Gasteiger partial charge in [-0.05, 0) is 39.1 Å². The zero-order chi connectivity index (χ0) is 18.7. The third kappa shape index (κ3) is 4.13. The molecule has 0 aromatic heterocycles. The summed E-state index contributed by atoms with van der Waals surface area (Å²) in [5.41, 5.74) is 0.902. The van der Waals surface area contributed by atoms with E-state index in [-0.39, 0.29) is 23.3 Å². The van der Waals surface area contributed by atoms with Crippen LogP contribution in [0.5, 0.6) is 0 Å². The van der Waals surface area contributed by atoms with Crippen LogP contribution in [-0.4, -0.2) is 80.2 Å². The Morgan fingerprint density at radius 1 is 1.31 bits per heavy atom. The highest BCUT2D eigenvalue weighted by Crippen LogP contribution is 2.28. The van der Waals surface area contributed by atoms with E-state index in [4.69, 9.17) is 4.74 Å².